The molecule has 0 aliphatic carbocycles. The second-order valence-corrected chi connectivity index (χ2v) is 4.11. The first-order valence-corrected chi connectivity index (χ1v) is 6.54. The van der Waals surface area contributed by atoms with Gasteiger partial charge in [-0.3, -0.25) is 0 Å². The minimum Gasteiger partial charge on any atom is -0.466 e. The van der Waals surface area contributed by atoms with Crippen LogP contribution in [0, 0.1) is 0 Å². The summed E-state index contributed by atoms with van der Waals surface area (Å²) in [5.74, 6) is -1.04. The van der Waals surface area contributed by atoms with Crippen LogP contribution in [0.5, 0.6) is 0 Å². The first-order chi connectivity index (χ1) is 10.1. The molecule has 0 aromatic heterocycles. The molecule has 0 aliphatic heterocycles. The van der Waals surface area contributed by atoms with Gasteiger partial charge in [-0.05, 0) is 32.1 Å². The third-order valence-corrected chi connectivity index (χ3v) is 2.59. The number of hydrogen-bond acceptors (Lipinski definition) is 5. The molecule has 0 fully saturated rings. The summed E-state index contributed by atoms with van der Waals surface area (Å²) in [6.07, 6.45) is 2.57. The highest BCUT2D eigenvalue weighted by Gasteiger charge is 2.12. The largest absolute Gasteiger partial charge is 0.466 e. The van der Waals surface area contributed by atoms with Gasteiger partial charge in [0, 0.05) is 17.5 Å². The number of hydrogen-bond donors (Lipinski definition) is 1. The number of para-hydroxylation sites is 1. The Balaban J connectivity index is 3.02. The predicted molar refractivity (Wildman–Crippen MR) is 80.6 cm³/mol. The first kappa shape index (κ1) is 16.5. The molecule has 112 valence electrons. The Morgan fingerprint density at radius 1 is 1.19 bits per heavy atom. The molecule has 5 heteroatoms. The van der Waals surface area contributed by atoms with E-state index < -0.39 is 11.9 Å². The van der Waals surface area contributed by atoms with Gasteiger partial charge in [-0.2, -0.15) is 0 Å². The molecule has 0 atom stereocenters. The molecule has 0 unspecified atom stereocenters. The number of nitrogens with one attached hydrogen (secondary N) is 1. The molecule has 1 aromatic carbocycles. The van der Waals surface area contributed by atoms with Gasteiger partial charge in [0.05, 0.1) is 19.3 Å². The Labute approximate surface area is 124 Å². The number of benzene rings is 1. The van der Waals surface area contributed by atoms with Crippen molar-refractivity contribution in [1.29, 1.82) is 0 Å². The molecule has 0 heterocycles. The normalized spacial score (nSPS) is 11.8. The van der Waals surface area contributed by atoms with Crippen molar-refractivity contribution in [2.45, 2.75) is 13.8 Å². The number of esters is 2. The number of allylic oxidation sites excluding steroid dienone is 1. The van der Waals surface area contributed by atoms with Crippen LogP contribution in [0.15, 0.2) is 53.8 Å². The van der Waals surface area contributed by atoms with Gasteiger partial charge in [-0.15, -0.1) is 0 Å². The minimum absolute atomic E-state index is 0.257. The van der Waals surface area contributed by atoms with E-state index in [2.05, 4.69) is 10.1 Å². The molecule has 0 radical (unpaired) electrons. The lowest BCUT2D eigenvalue weighted by molar-refractivity contribution is -0.138. The molecule has 0 aliphatic rings. The maximum absolute atomic E-state index is 12.0. The zero-order valence-corrected chi connectivity index (χ0v) is 12.4. The maximum atomic E-state index is 12.0. The summed E-state index contributed by atoms with van der Waals surface area (Å²) in [5.41, 5.74) is 1.69. The molecule has 0 spiro atoms. The lowest BCUT2D eigenvalue weighted by Crippen LogP contribution is -2.12. The highest BCUT2D eigenvalue weighted by Crippen LogP contribution is 2.14. The Kier molecular flexibility index (Phi) is 6.74. The molecule has 0 saturated heterocycles. The monoisotopic (exact) mass is 289 g/mol. The van der Waals surface area contributed by atoms with Gasteiger partial charge in [0.1, 0.15) is 0 Å². The lowest BCUT2D eigenvalue weighted by atomic mass is 10.2. The summed E-state index contributed by atoms with van der Waals surface area (Å²) >= 11 is 0. The molecule has 0 bridgehead atoms. The first-order valence-electron chi connectivity index (χ1n) is 6.54. The Bertz CT molecular complexity index is 547. The summed E-state index contributed by atoms with van der Waals surface area (Å²) in [4.78, 5) is 23.1. The molecule has 5 nitrogen and oxygen atoms in total. The predicted octanol–water partition coefficient (Wildman–Crippen LogP) is 2.66. The maximum Gasteiger partial charge on any atom is 0.339 e. The van der Waals surface area contributed by atoms with Crippen molar-refractivity contribution in [2.75, 3.05) is 19.0 Å². The molecule has 0 amide bonds. The van der Waals surface area contributed by atoms with Gasteiger partial charge in [-0.1, -0.05) is 18.2 Å². The summed E-state index contributed by atoms with van der Waals surface area (Å²) in [6, 6.07) is 9.40. The topological polar surface area (TPSA) is 64.6 Å². The van der Waals surface area contributed by atoms with Crippen LogP contribution in [0.3, 0.4) is 0 Å². The van der Waals surface area contributed by atoms with Crippen molar-refractivity contribution >= 4 is 17.6 Å². The molecule has 1 rings (SSSR count). The second-order valence-electron chi connectivity index (χ2n) is 4.11. The van der Waals surface area contributed by atoms with Crippen LogP contribution in [0.1, 0.15) is 13.8 Å². The molecule has 1 N–H and O–H groups in total. The Morgan fingerprint density at radius 2 is 1.86 bits per heavy atom. The van der Waals surface area contributed by atoms with Gasteiger partial charge in [-0.25, -0.2) is 9.59 Å². The summed E-state index contributed by atoms with van der Waals surface area (Å²) in [5, 5.41) is 3.10. The minimum atomic E-state index is -0.538. The summed E-state index contributed by atoms with van der Waals surface area (Å²) in [7, 11) is 1.27. The third-order valence-electron chi connectivity index (χ3n) is 2.59. The fourth-order valence-corrected chi connectivity index (χ4v) is 1.58. The summed E-state index contributed by atoms with van der Waals surface area (Å²) < 4.78 is 9.51. The Morgan fingerprint density at radius 3 is 2.43 bits per heavy atom. The van der Waals surface area contributed by atoms with Crippen molar-refractivity contribution in [3.8, 4) is 0 Å². The number of ether oxygens (including phenoxy) is 2. The number of anilines is 1. The number of rotatable bonds is 6. The molecule has 0 saturated carbocycles. The smallest absolute Gasteiger partial charge is 0.339 e. The van der Waals surface area contributed by atoms with E-state index in [1.165, 1.54) is 19.3 Å². The van der Waals surface area contributed by atoms with Crippen LogP contribution in [0.25, 0.3) is 0 Å². The van der Waals surface area contributed by atoms with Crippen LogP contribution in [-0.4, -0.2) is 25.7 Å². The van der Waals surface area contributed by atoms with Crippen molar-refractivity contribution in [3.63, 3.8) is 0 Å². The van der Waals surface area contributed by atoms with E-state index >= 15 is 0 Å². The van der Waals surface area contributed by atoms with Crippen molar-refractivity contribution in [3.05, 3.63) is 53.8 Å². The summed E-state index contributed by atoms with van der Waals surface area (Å²) in [6.45, 7) is 3.72. The highest BCUT2D eigenvalue weighted by atomic mass is 16.5. The van der Waals surface area contributed by atoms with Crippen molar-refractivity contribution in [2.24, 2.45) is 0 Å². The van der Waals surface area contributed by atoms with Crippen LogP contribution < -0.4 is 5.32 Å². The number of carbonyl (C=O) groups is 2. The average Bonchev–Trinajstić information content (AvgIpc) is 2.48. The van der Waals surface area contributed by atoms with Crippen LogP contribution in [-0.2, 0) is 19.1 Å². The van der Waals surface area contributed by atoms with Gasteiger partial charge in [0.15, 0.2) is 0 Å². The third kappa shape index (κ3) is 5.52. The zero-order valence-electron chi connectivity index (χ0n) is 12.4. The van der Waals surface area contributed by atoms with E-state index in [-0.39, 0.29) is 12.2 Å². The van der Waals surface area contributed by atoms with Gasteiger partial charge in [0.2, 0.25) is 0 Å². The molecule has 21 heavy (non-hydrogen) atoms. The SMILES string of the molecule is CCOC(=O)C(/C=C/C(=O)OC)=C(\C)Nc1ccccc1. The fraction of sp³-hybridized carbons (Fsp3) is 0.250. The number of methoxy groups -OCH3 is 1. The Hall–Kier alpha value is -2.56. The second kappa shape index (κ2) is 8.58. The van der Waals surface area contributed by atoms with E-state index in [1.807, 2.05) is 30.3 Å². The van der Waals surface area contributed by atoms with E-state index in [0.717, 1.165) is 5.69 Å². The van der Waals surface area contributed by atoms with Gasteiger partial charge in [0.25, 0.3) is 0 Å². The number of carbonyl (C=O) groups excluding carboxylic acids is 2. The lowest BCUT2D eigenvalue weighted by Gasteiger charge is -2.11. The highest BCUT2D eigenvalue weighted by molar-refractivity contribution is 5.95. The fourth-order valence-electron chi connectivity index (χ4n) is 1.58. The average molecular weight is 289 g/mol. The van der Waals surface area contributed by atoms with E-state index in [4.69, 9.17) is 4.74 Å². The van der Waals surface area contributed by atoms with Crippen molar-refractivity contribution < 1.29 is 19.1 Å². The molecular weight excluding hydrogens is 270 g/mol. The van der Waals surface area contributed by atoms with Crippen molar-refractivity contribution in [1.82, 2.24) is 0 Å². The molecule has 1 aromatic rings. The standard InChI is InChI=1S/C16H19NO4/c1-4-21-16(19)14(10-11-15(18)20-3)12(2)17-13-8-6-5-7-9-13/h5-11,17H,4H2,1-3H3/b11-10+,14-12+. The van der Waals surface area contributed by atoms with Crippen LogP contribution >= 0.6 is 0 Å². The van der Waals surface area contributed by atoms with E-state index in [0.29, 0.717) is 5.70 Å². The molecular formula is C16H19NO4. The van der Waals surface area contributed by atoms with E-state index in [1.54, 1.807) is 13.8 Å². The van der Waals surface area contributed by atoms with E-state index in [9.17, 15) is 9.59 Å². The van der Waals surface area contributed by atoms with Crippen LogP contribution in [0.4, 0.5) is 5.69 Å². The zero-order chi connectivity index (χ0) is 15.7. The quantitative estimate of drug-likeness (QED) is 0.495. The van der Waals surface area contributed by atoms with Gasteiger partial charge < -0.3 is 14.8 Å². The van der Waals surface area contributed by atoms with Gasteiger partial charge >= 0.3 is 11.9 Å². The van der Waals surface area contributed by atoms with Crippen LogP contribution in [0.2, 0.25) is 0 Å².